The van der Waals surface area contributed by atoms with Gasteiger partial charge in [-0.15, -0.1) is 0 Å². The van der Waals surface area contributed by atoms with E-state index in [2.05, 4.69) is 0 Å². The normalized spacial score (nSPS) is 15.9. The molecule has 0 saturated carbocycles. The maximum absolute atomic E-state index is 13.7. The summed E-state index contributed by atoms with van der Waals surface area (Å²) in [5, 5.41) is 1.18. The van der Waals surface area contributed by atoms with Gasteiger partial charge in [-0.25, -0.2) is 14.7 Å². The highest BCUT2D eigenvalue weighted by molar-refractivity contribution is 6.23. The average molecular weight is 482 g/mol. The maximum atomic E-state index is 13.7. The molecule has 186 valence electrons. The maximum Gasteiger partial charge on any atom is 0.347 e. The van der Waals surface area contributed by atoms with E-state index >= 15 is 0 Å². The number of nitrogens with zero attached hydrogens (tertiary/aromatic N) is 1. The molecule has 3 rings (SSSR count). The van der Waals surface area contributed by atoms with Crippen LogP contribution < -0.4 is 4.74 Å². The van der Waals surface area contributed by atoms with Crippen molar-refractivity contribution in [2.24, 2.45) is 0 Å². The minimum atomic E-state index is -1.16. The number of esters is 2. The summed E-state index contributed by atoms with van der Waals surface area (Å²) >= 11 is 0. The van der Waals surface area contributed by atoms with E-state index in [0.717, 1.165) is 16.7 Å². The molecule has 1 heterocycles. The Bertz CT molecular complexity index is 1190. The Morgan fingerprint density at radius 3 is 2.17 bits per heavy atom. The van der Waals surface area contributed by atoms with E-state index < -0.39 is 29.7 Å². The minimum Gasteiger partial charge on any atom is -0.426 e. The highest BCUT2D eigenvalue weighted by Gasteiger charge is 2.51. The number of para-hydroxylation sites is 1. The average Bonchev–Trinajstić information content (AvgIpc) is 2.93. The SMILES string of the molecule is COC(C)ON1C(=O)C(c2c(C)cc(C)cc2C)=C(OC(=O)c2ccccc2OC(C)=O)C1(C)C. The standard InChI is InChI=1S/C27H31NO7/c1-15-13-16(2)22(17(3)14-15)23-24(27(6,7)28(25(23)30)35-19(5)32-8)34-26(31)20-11-9-10-12-21(20)33-18(4)29/h9-14,19H,1-8H3. The molecule has 8 nitrogen and oxygen atoms in total. The van der Waals surface area contributed by atoms with Crippen molar-refractivity contribution in [3.05, 3.63) is 70.0 Å². The van der Waals surface area contributed by atoms with Gasteiger partial charge in [0.2, 0.25) is 0 Å². The van der Waals surface area contributed by atoms with Crippen molar-refractivity contribution in [1.82, 2.24) is 5.06 Å². The first-order valence-electron chi connectivity index (χ1n) is 11.2. The van der Waals surface area contributed by atoms with Crippen molar-refractivity contribution < 1.29 is 33.4 Å². The third-order valence-corrected chi connectivity index (χ3v) is 5.76. The molecule has 8 heteroatoms. The Hall–Kier alpha value is -3.49. The van der Waals surface area contributed by atoms with Gasteiger partial charge in [0.1, 0.15) is 22.6 Å². The van der Waals surface area contributed by atoms with Gasteiger partial charge in [0.15, 0.2) is 6.29 Å². The number of methoxy groups -OCH3 is 1. The molecule has 1 aliphatic rings. The Morgan fingerprint density at radius 2 is 1.60 bits per heavy atom. The summed E-state index contributed by atoms with van der Waals surface area (Å²) in [5.41, 5.74) is 2.56. The first-order valence-corrected chi connectivity index (χ1v) is 11.2. The molecule has 2 aromatic carbocycles. The monoisotopic (exact) mass is 481 g/mol. The van der Waals surface area contributed by atoms with Crippen molar-refractivity contribution in [2.75, 3.05) is 7.11 Å². The lowest BCUT2D eigenvalue weighted by molar-refractivity contribution is -0.276. The lowest BCUT2D eigenvalue weighted by Gasteiger charge is -2.33. The lowest BCUT2D eigenvalue weighted by atomic mass is 9.91. The van der Waals surface area contributed by atoms with Crippen molar-refractivity contribution in [3.8, 4) is 5.75 Å². The number of benzene rings is 2. The number of ether oxygens (including phenoxy) is 3. The Kier molecular flexibility index (Phi) is 7.47. The Labute approximate surface area is 205 Å². The molecule has 1 atom stereocenters. The summed E-state index contributed by atoms with van der Waals surface area (Å²) in [4.78, 5) is 44.4. The third-order valence-electron chi connectivity index (χ3n) is 5.76. The molecule has 0 N–H and O–H groups in total. The summed E-state index contributed by atoms with van der Waals surface area (Å²) in [7, 11) is 1.47. The number of carbonyl (C=O) groups is 3. The topological polar surface area (TPSA) is 91.4 Å². The molecule has 2 aromatic rings. The molecule has 0 fully saturated rings. The van der Waals surface area contributed by atoms with Crippen molar-refractivity contribution in [2.45, 2.75) is 60.3 Å². The van der Waals surface area contributed by atoms with Gasteiger partial charge in [-0.1, -0.05) is 29.8 Å². The molecule has 0 aliphatic carbocycles. The first-order chi connectivity index (χ1) is 16.4. The molecule has 0 bridgehead atoms. The quantitative estimate of drug-likeness (QED) is 0.323. The summed E-state index contributed by atoms with van der Waals surface area (Å²) in [6.45, 7) is 12.1. The molecule has 35 heavy (non-hydrogen) atoms. The van der Waals surface area contributed by atoms with Crippen molar-refractivity contribution >= 4 is 23.4 Å². The number of carbonyl (C=O) groups excluding carboxylic acids is 3. The minimum absolute atomic E-state index is 0.0553. The van der Waals surface area contributed by atoms with Crippen LogP contribution in [0.2, 0.25) is 0 Å². The number of hydroxylamine groups is 2. The molecular weight excluding hydrogens is 450 g/mol. The van der Waals surface area contributed by atoms with E-state index in [1.165, 1.54) is 31.2 Å². The number of hydrogen-bond donors (Lipinski definition) is 0. The van der Waals surface area contributed by atoms with Gasteiger partial charge in [-0.3, -0.25) is 9.59 Å². The molecule has 1 amide bonds. The molecule has 0 spiro atoms. The molecular formula is C27H31NO7. The third kappa shape index (κ3) is 5.13. The van der Waals surface area contributed by atoms with Crippen LogP contribution in [0.25, 0.3) is 5.57 Å². The fraction of sp³-hybridized carbons (Fsp3) is 0.370. The summed E-state index contributed by atoms with van der Waals surface area (Å²) in [6, 6.07) is 10.2. The van der Waals surface area contributed by atoms with Crippen LogP contribution in [-0.2, 0) is 23.9 Å². The van der Waals surface area contributed by atoms with Crippen molar-refractivity contribution in [1.29, 1.82) is 0 Å². The predicted molar refractivity (Wildman–Crippen MR) is 129 cm³/mol. The highest BCUT2D eigenvalue weighted by Crippen LogP contribution is 2.43. The van der Waals surface area contributed by atoms with Crippen LogP contribution >= 0.6 is 0 Å². The van der Waals surface area contributed by atoms with Crippen LogP contribution in [0, 0.1) is 20.8 Å². The second kappa shape index (κ2) is 10.0. The van der Waals surface area contributed by atoms with E-state index in [-0.39, 0.29) is 22.6 Å². The summed E-state index contributed by atoms with van der Waals surface area (Å²) in [6.07, 6.45) is -0.723. The second-order valence-electron chi connectivity index (χ2n) is 9.02. The van der Waals surface area contributed by atoms with Crippen molar-refractivity contribution in [3.63, 3.8) is 0 Å². The summed E-state index contributed by atoms with van der Waals surface area (Å²) in [5.74, 6) is -1.59. The van der Waals surface area contributed by atoms with Gasteiger partial charge in [0.25, 0.3) is 5.91 Å². The van der Waals surface area contributed by atoms with Crippen LogP contribution in [0.5, 0.6) is 5.75 Å². The second-order valence-corrected chi connectivity index (χ2v) is 9.02. The van der Waals surface area contributed by atoms with Crippen LogP contribution in [0.4, 0.5) is 0 Å². The van der Waals surface area contributed by atoms with Gasteiger partial charge >= 0.3 is 11.9 Å². The first kappa shape index (κ1) is 26.1. The summed E-state index contributed by atoms with van der Waals surface area (Å²) < 4.78 is 16.3. The number of amides is 1. The Balaban J connectivity index is 2.18. The molecule has 0 saturated heterocycles. The number of rotatable bonds is 7. The van der Waals surface area contributed by atoms with Crippen LogP contribution in [-0.4, -0.2) is 41.8 Å². The van der Waals surface area contributed by atoms with E-state index in [9.17, 15) is 14.4 Å². The number of hydrogen-bond acceptors (Lipinski definition) is 7. The largest absolute Gasteiger partial charge is 0.426 e. The van der Waals surface area contributed by atoms with E-state index in [1.807, 2.05) is 32.9 Å². The van der Waals surface area contributed by atoms with Crippen LogP contribution in [0.3, 0.4) is 0 Å². The zero-order chi connectivity index (χ0) is 26.1. The van der Waals surface area contributed by atoms with Gasteiger partial charge in [0, 0.05) is 14.0 Å². The van der Waals surface area contributed by atoms with Crippen LogP contribution in [0.15, 0.2) is 42.2 Å². The molecule has 0 radical (unpaired) electrons. The van der Waals surface area contributed by atoms with Gasteiger partial charge in [0.05, 0.1) is 5.57 Å². The molecule has 1 unspecified atom stereocenters. The zero-order valence-corrected chi connectivity index (χ0v) is 21.3. The zero-order valence-electron chi connectivity index (χ0n) is 21.3. The van der Waals surface area contributed by atoms with Crippen LogP contribution in [0.1, 0.15) is 60.3 Å². The molecule has 1 aliphatic heterocycles. The highest BCUT2D eigenvalue weighted by atomic mass is 16.8. The molecule has 0 aromatic heterocycles. The fourth-order valence-corrected chi connectivity index (χ4v) is 4.22. The van der Waals surface area contributed by atoms with E-state index in [0.29, 0.717) is 5.56 Å². The van der Waals surface area contributed by atoms with Gasteiger partial charge in [-0.2, -0.15) is 0 Å². The van der Waals surface area contributed by atoms with E-state index in [4.69, 9.17) is 19.0 Å². The predicted octanol–water partition coefficient (Wildman–Crippen LogP) is 4.65. The van der Waals surface area contributed by atoms with E-state index in [1.54, 1.807) is 32.9 Å². The lowest BCUT2D eigenvalue weighted by Crippen LogP contribution is -2.46. The smallest absolute Gasteiger partial charge is 0.347 e. The van der Waals surface area contributed by atoms with Gasteiger partial charge < -0.3 is 14.2 Å². The Morgan fingerprint density at radius 1 is 1.00 bits per heavy atom. The fourth-order valence-electron chi connectivity index (χ4n) is 4.22. The number of aryl methyl sites for hydroxylation is 3. The van der Waals surface area contributed by atoms with Gasteiger partial charge in [-0.05, 0) is 70.4 Å².